The number of alkyl halides is 3. The molecule has 0 radical (unpaired) electrons. The molecule has 22 heavy (non-hydrogen) atoms. The van der Waals surface area contributed by atoms with Crippen LogP contribution in [0.5, 0.6) is 0 Å². The van der Waals surface area contributed by atoms with Crippen molar-refractivity contribution in [2.24, 2.45) is 11.7 Å². The highest BCUT2D eigenvalue weighted by Crippen LogP contribution is 2.37. The molecule has 0 saturated carbocycles. The van der Waals surface area contributed by atoms with Gasteiger partial charge in [-0.05, 0) is 24.5 Å². The number of hydrogen-bond donors (Lipinski definition) is 2. The first kappa shape index (κ1) is 19.2. The van der Waals surface area contributed by atoms with Gasteiger partial charge < -0.3 is 5.73 Å². The highest BCUT2D eigenvalue weighted by atomic mass is 35.5. The summed E-state index contributed by atoms with van der Waals surface area (Å²) >= 11 is 5.70. The van der Waals surface area contributed by atoms with Gasteiger partial charge >= 0.3 is 6.18 Å². The summed E-state index contributed by atoms with van der Waals surface area (Å²) in [5.74, 6) is 0.129. The molecule has 0 aliphatic heterocycles. The Balaban J connectivity index is 3.29. The summed E-state index contributed by atoms with van der Waals surface area (Å²) in [4.78, 5) is -0.966. The molecular formula is C13H18ClF3N2O2S. The molecule has 0 saturated heterocycles. The Kier molecular flexibility index (Phi) is 6.26. The SMILES string of the molecule is CC(C)CC(CN)NS(=O)(=O)c1c(Cl)cccc1C(F)(F)F. The molecule has 1 unspecified atom stereocenters. The number of sulfonamides is 1. The van der Waals surface area contributed by atoms with Crippen molar-refractivity contribution in [3.63, 3.8) is 0 Å². The summed E-state index contributed by atoms with van der Waals surface area (Å²) in [7, 11) is -4.44. The lowest BCUT2D eigenvalue weighted by Crippen LogP contribution is -2.41. The summed E-state index contributed by atoms with van der Waals surface area (Å²) in [5, 5.41) is -0.484. The second-order valence-corrected chi connectivity index (χ2v) is 7.36. The molecule has 1 aromatic rings. The molecule has 3 N–H and O–H groups in total. The molecule has 0 amide bonds. The number of nitrogens with two attached hydrogens (primary N) is 1. The third kappa shape index (κ3) is 4.84. The Labute approximate surface area is 132 Å². The minimum atomic E-state index is -4.83. The van der Waals surface area contributed by atoms with Gasteiger partial charge in [0.1, 0.15) is 4.90 Å². The Hall–Kier alpha value is -0.830. The van der Waals surface area contributed by atoms with Gasteiger partial charge in [0.25, 0.3) is 0 Å². The Morgan fingerprint density at radius 3 is 2.36 bits per heavy atom. The van der Waals surface area contributed by atoms with Crippen LogP contribution in [0.3, 0.4) is 0 Å². The predicted octanol–water partition coefficient (Wildman–Crippen LogP) is 3.01. The molecule has 0 fully saturated rings. The third-order valence-corrected chi connectivity index (χ3v) is 4.95. The zero-order chi connectivity index (χ0) is 17.1. The molecule has 0 aromatic heterocycles. The van der Waals surface area contributed by atoms with Crippen molar-refractivity contribution < 1.29 is 21.6 Å². The normalized spacial score (nSPS) is 14.4. The largest absolute Gasteiger partial charge is 0.417 e. The van der Waals surface area contributed by atoms with Gasteiger partial charge in [-0.1, -0.05) is 31.5 Å². The zero-order valence-electron chi connectivity index (χ0n) is 12.1. The Bertz CT molecular complexity index is 618. The zero-order valence-corrected chi connectivity index (χ0v) is 13.7. The smallest absolute Gasteiger partial charge is 0.329 e. The molecule has 1 atom stereocenters. The number of benzene rings is 1. The second kappa shape index (κ2) is 7.16. The summed E-state index contributed by atoms with van der Waals surface area (Å²) in [6, 6.07) is 2.17. The van der Waals surface area contributed by atoms with Gasteiger partial charge in [0.15, 0.2) is 0 Å². The van der Waals surface area contributed by atoms with Crippen LogP contribution in [0.1, 0.15) is 25.8 Å². The van der Waals surface area contributed by atoms with Crippen LogP contribution in [-0.2, 0) is 16.2 Å². The van der Waals surface area contributed by atoms with Crippen LogP contribution < -0.4 is 10.5 Å². The fourth-order valence-corrected chi connectivity index (χ4v) is 4.07. The third-order valence-electron chi connectivity index (χ3n) is 2.90. The van der Waals surface area contributed by atoms with Crippen molar-refractivity contribution in [3.05, 3.63) is 28.8 Å². The molecule has 0 bridgehead atoms. The van der Waals surface area contributed by atoms with Crippen molar-refractivity contribution in [2.45, 2.75) is 37.4 Å². The molecule has 126 valence electrons. The summed E-state index contributed by atoms with van der Waals surface area (Å²) in [6.45, 7) is 3.68. The topological polar surface area (TPSA) is 72.2 Å². The van der Waals surface area contributed by atoms with E-state index in [1.54, 1.807) is 0 Å². The van der Waals surface area contributed by atoms with E-state index < -0.39 is 37.7 Å². The quantitative estimate of drug-likeness (QED) is 0.821. The highest BCUT2D eigenvalue weighted by molar-refractivity contribution is 7.89. The van der Waals surface area contributed by atoms with E-state index in [4.69, 9.17) is 17.3 Å². The lowest BCUT2D eigenvalue weighted by atomic mass is 10.1. The summed E-state index contributed by atoms with van der Waals surface area (Å²) in [6.07, 6.45) is -4.42. The molecular weight excluding hydrogens is 341 g/mol. The van der Waals surface area contributed by atoms with Crippen molar-refractivity contribution in [3.8, 4) is 0 Å². The van der Waals surface area contributed by atoms with Crippen LogP contribution >= 0.6 is 11.6 Å². The van der Waals surface area contributed by atoms with Crippen LogP contribution in [0.2, 0.25) is 5.02 Å². The first-order valence-electron chi connectivity index (χ1n) is 6.57. The van der Waals surface area contributed by atoms with E-state index in [2.05, 4.69) is 4.72 Å². The van der Waals surface area contributed by atoms with E-state index >= 15 is 0 Å². The Morgan fingerprint density at radius 1 is 1.32 bits per heavy atom. The number of hydrogen-bond acceptors (Lipinski definition) is 3. The van der Waals surface area contributed by atoms with Gasteiger partial charge in [0.05, 0.1) is 10.6 Å². The van der Waals surface area contributed by atoms with Crippen LogP contribution in [0.25, 0.3) is 0 Å². The van der Waals surface area contributed by atoms with Crippen molar-refractivity contribution in [2.75, 3.05) is 6.54 Å². The highest BCUT2D eigenvalue weighted by Gasteiger charge is 2.39. The van der Waals surface area contributed by atoms with Gasteiger partial charge in [0.2, 0.25) is 10.0 Å². The van der Waals surface area contributed by atoms with Gasteiger partial charge in [-0.2, -0.15) is 13.2 Å². The first-order valence-corrected chi connectivity index (χ1v) is 8.43. The van der Waals surface area contributed by atoms with E-state index in [0.717, 1.165) is 12.1 Å². The molecule has 9 heteroatoms. The molecule has 0 spiro atoms. The number of halogens is 4. The van der Waals surface area contributed by atoms with Crippen LogP contribution in [-0.4, -0.2) is 21.0 Å². The van der Waals surface area contributed by atoms with E-state index in [0.29, 0.717) is 12.5 Å². The fraction of sp³-hybridized carbons (Fsp3) is 0.538. The van der Waals surface area contributed by atoms with E-state index in [1.807, 2.05) is 13.8 Å². The average molecular weight is 359 g/mol. The average Bonchev–Trinajstić information content (AvgIpc) is 2.35. The van der Waals surface area contributed by atoms with E-state index in [1.165, 1.54) is 0 Å². The molecule has 0 aliphatic carbocycles. The minimum Gasteiger partial charge on any atom is -0.329 e. The van der Waals surface area contributed by atoms with Crippen LogP contribution in [0, 0.1) is 5.92 Å². The van der Waals surface area contributed by atoms with E-state index in [-0.39, 0.29) is 12.5 Å². The number of rotatable bonds is 6. The standard InChI is InChI=1S/C13H18ClF3N2O2S/c1-8(2)6-9(7-18)19-22(20,21)12-10(13(15,16)17)4-3-5-11(12)14/h3-5,8-9,19H,6-7,18H2,1-2H3. The van der Waals surface area contributed by atoms with Crippen molar-refractivity contribution >= 4 is 21.6 Å². The maximum atomic E-state index is 13.0. The van der Waals surface area contributed by atoms with E-state index in [9.17, 15) is 21.6 Å². The fourth-order valence-electron chi connectivity index (χ4n) is 2.05. The van der Waals surface area contributed by atoms with Crippen molar-refractivity contribution in [1.29, 1.82) is 0 Å². The van der Waals surface area contributed by atoms with Gasteiger partial charge in [-0.15, -0.1) is 0 Å². The van der Waals surface area contributed by atoms with Gasteiger partial charge in [-0.3, -0.25) is 0 Å². The van der Waals surface area contributed by atoms with Crippen molar-refractivity contribution in [1.82, 2.24) is 4.72 Å². The summed E-state index contributed by atoms with van der Waals surface area (Å²) in [5.41, 5.74) is 4.19. The maximum absolute atomic E-state index is 13.0. The van der Waals surface area contributed by atoms with Gasteiger partial charge in [0, 0.05) is 12.6 Å². The molecule has 1 aromatic carbocycles. The maximum Gasteiger partial charge on any atom is 0.417 e. The molecule has 4 nitrogen and oxygen atoms in total. The van der Waals surface area contributed by atoms with Crippen LogP contribution in [0.4, 0.5) is 13.2 Å². The number of nitrogens with one attached hydrogen (secondary N) is 1. The molecule has 0 heterocycles. The molecule has 0 aliphatic rings. The summed E-state index contributed by atoms with van der Waals surface area (Å²) < 4.78 is 65.9. The molecule has 1 rings (SSSR count). The lowest BCUT2D eigenvalue weighted by Gasteiger charge is -2.21. The lowest BCUT2D eigenvalue weighted by molar-refractivity contribution is -0.139. The van der Waals surface area contributed by atoms with Gasteiger partial charge in [-0.25, -0.2) is 13.1 Å². The monoisotopic (exact) mass is 358 g/mol. The predicted molar refractivity (Wildman–Crippen MR) is 79.1 cm³/mol. The first-order chi connectivity index (χ1) is 9.99. The Morgan fingerprint density at radius 2 is 1.91 bits per heavy atom. The second-order valence-electron chi connectivity index (χ2n) is 5.30. The minimum absolute atomic E-state index is 0.0246. The van der Waals surface area contributed by atoms with Crippen LogP contribution in [0.15, 0.2) is 23.1 Å².